The van der Waals surface area contributed by atoms with Gasteiger partial charge in [-0.1, -0.05) is 24.3 Å². The third kappa shape index (κ3) is 6.16. The number of rotatable bonds is 10. The van der Waals surface area contributed by atoms with Gasteiger partial charge < -0.3 is 25.3 Å². The molecule has 1 unspecified atom stereocenters. The minimum atomic E-state index is -3.78. The fourth-order valence-corrected chi connectivity index (χ4v) is 4.22. The number of aliphatic hydroxyl groups excluding tert-OH is 1. The van der Waals surface area contributed by atoms with Crippen molar-refractivity contribution in [3.63, 3.8) is 0 Å². The van der Waals surface area contributed by atoms with Crippen LogP contribution in [0.25, 0.3) is 21.8 Å². The third-order valence-corrected chi connectivity index (χ3v) is 6.93. The first-order chi connectivity index (χ1) is 16.2. The van der Waals surface area contributed by atoms with Crippen molar-refractivity contribution in [3.05, 3.63) is 66.2 Å². The van der Waals surface area contributed by atoms with Crippen molar-refractivity contribution in [2.75, 3.05) is 38.5 Å². The van der Waals surface area contributed by atoms with E-state index in [2.05, 4.69) is 21.1 Å². The number of fused-ring (bicyclic) bond motifs is 3. The first kappa shape index (κ1) is 26.6. The van der Waals surface area contributed by atoms with Crippen LogP contribution in [0.2, 0.25) is 0 Å². The predicted molar refractivity (Wildman–Crippen MR) is 141 cm³/mol. The van der Waals surface area contributed by atoms with E-state index in [1.54, 1.807) is 6.07 Å². The molecule has 4 aromatic rings. The van der Waals surface area contributed by atoms with Gasteiger partial charge in [0.05, 0.1) is 17.3 Å². The Balaban J connectivity index is 0.00000342. The Morgan fingerprint density at radius 1 is 1.03 bits per heavy atom. The molecule has 0 bridgehead atoms. The van der Waals surface area contributed by atoms with Gasteiger partial charge in [0.2, 0.25) is 0 Å². The normalized spacial score (nSPS) is 12.6. The van der Waals surface area contributed by atoms with Crippen LogP contribution in [-0.2, 0) is 10.2 Å². The number of hydrogen-bond acceptors (Lipinski definition) is 6. The molecule has 1 atom stereocenters. The van der Waals surface area contributed by atoms with E-state index in [0.717, 1.165) is 26.5 Å². The molecule has 1 aromatic heterocycles. The van der Waals surface area contributed by atoms with Crippen molar-refractivity contribution >= 4 is 50.1 Å². The molecule has 4 rings (SSSR count). The summed E-state index contributed by atoms with van der Waals surface area (Å²) in [4.78, 5) is 3.39. The summed E-state index contributed by atoms with van der Waals surface area (Å²) in [5, 5.41) is 25.9. The van der Waals surface area contributed by atoms with Gasteiger partial charge in [-0.2, -0.15) is 12.7 Å². The molecular formula is C24H29ClN4O5S. The number of aromatic nitrogens is 1. The second-order valence-electron chi connectivity index (χ2n) is 8.11. The molecule has 11 heteroatoms. The number of ether oxygens (including phenoxy) is 1. The van der Waals surface area contributed by atoms with Crippen molar-refractivity contribution in [2.24, 2.45) is 0 Å². The number of benzene rings is 3. The highest BCUT2D eigenvalue weighted by molar-refractivity contribution is 7.90. The van der Waals surface area contributed by atoms with Crippen LogP contribution in [0.1, 0.15) is 11.7 Å². The molecule has 0 saturated heterocycles. The number of phenols is 1. The Kier molecular flexibility index (Phi) is 8.47. The van der Waals surface area contributed by atoms with E-state index < -0.39 is 16.3 Å². The summed E-state index contributed by atoms with van der Waals surface area (Å²) in [5.41, 5.74) is 2.56. The van der Waals surface area contributed by atoms with Crippen LogP contribution in [0, 0.1) is 0 Å². The molecule has 0 amide bonds. The highest BCUT2D eigenvalue weighted by atomic mass is 35.5. The van der Waals surface area contributed by atoms with Gasteiger partial charge in [0.25, 0.3) is 0 Å². The lowest BCUT2D eigenvalue weighted by molar-refractivity contribution is 0.172. The van der Waals surface area contributed by atoms with Crippen LogP contribution in [0.3, 0.4) is 0 Å². The van der Waals surface area contributed by atoms with Gasteiger partial charge in [-0.25, -0.2) is 0 Å². The van der Waals surface area contributed by atoms with Gasteiger partial charge in [-0.05, 0) is 35.9 Å². The molecule has 35 heavy (non-hydrogen) atoms. The fourth-order valence-electron chi connectivity index (χ4n) is 3.59. The fraction of sp³-hybridized carbons (Fsp3) is 0.250. The average molecular weight is 521 g/mol. The summed E-state index contributed by atoms with van der Waals surface area (Å²) < 4.78 is 33.2. The minimum absolute atomic E-state index is 0. The van der Waals surface area contributed by atoms with Crippen LogP contribution >= 0.6 is 12.4 Å². The molecule has 9 nitrogen and oxygen atoms in total. The highest BCUT2D eigenvalue weighted by Crippen LogP contribution is 2.29. The van der Waals surface area contributed by atoms with E-state index in [9.17, 15) is 18.6 Å². The molecule has 3 aromatic carbocycles. The Bertz CT molecular complexity index is 1410. The number of nitrogens with zero attached hydrogens (tertiary/aromatic N) is 1. The van der Waals surface area contributed by atoms with Crippen LogP contribution in [0.4, 0.5) is 5.69 Å². The molecule has 188 valence electrons. The van der Waals surface area contributed by atoms with Gasteiger partial charge in [0, 0.05) is 49.5 Å². The summed E-state index contributed by atoms with van der Waals surface area (Å²) in [5.74, 6) is 0.521. The number of nitrogens with one attached hydrogen (secondary N) is 3. The number of H-pyrrole nitrogens is 1. The maximum Gasteiger partial charge on any atom is 0.301 e. The molecule has 1 heterocycles. The Morgan fingerprint density at radius 2 is 1.77 bits per heavy atom. The molecular weight excluding hydrogens is 492 g/mol. The topological polar surface area (TPSA) is 127 Å². The first-order valence-corrected chi connectivity index (χ1v) is 12.2. The molecule has 0 spiro atoms. The number of aromatic hydroxyl groups is 1. The van der Waals surface area contributed by atoms with Crippen molar-refractivity contribution < 1.29 is 23.4 Å². The largest absolute Gasteiger partial charge is 0.506 e. The monoisotopic (exact) mass is 520 g/mol. The van der Waals surface area contributed by atoms with Crippen molar-refractivity contribution in [3.8, 4) is 11.5 Å². The number of para-hydroxylation sites is 1. The molecule has 0 radical (unpaired) electrons. The van der Waals surface area contributed by atoms with E-state index in [-0.39, 0.29) is 30.4 Å². The van der Waals surface area contributed by atoms with E-state index in [4.69, 9.17) is 4.74 Å². The lowest BCUT2D eigenvalue weighted by Crippen LogP contribution is -2.29. The minimum Gasteiger partial charge on any atom is -0.506 e. The second-order valence-corrected chi connectivity index (χ2v) is 10.00. The smallest absolute Gasteiger partial charge is 0.301 e. The maximum atomic E-state index is 12.0. The summed E-state index contributed by atoms with van der Waals surface area (Å²) in [6, 6.07) is 18.4. The zero-order valence-electron chi connectivity index (χ0n) is 19.4. The van der Waals surface area contributed by atoms with Crippen molar-refractivity contribution in [2.45, 2.75) is 6.10 Å². The number of phenolic OH excluding ortho intramolecular Hbond substituents is 1. The SMILES string of the molecule is CN(C)S(=O)(=O)Nc1cc(C(O)CNCCOc2ccc3c(c2)[nH]c2ccccc23)ccc1O.Cl. The van der Waals surface area contributed by atoms with Crippen molar-refractivity contribution in [1.82, 2.24) is 14.6 Å². The van der Waals surface area contributed by atoms with E-state index in [0.29, 0.717) is 18.7 Å². The predicted octanol–water partition coefficient (Wildman–Crippen LogP) is 3.37. The molecule has 0 fully saturated rings. The molecule has 0 aliphatic heterocycles. The Hall–Kier alpha value is -3.02. The molecule has 5 N–H and O–H groups in total. The van der Waals surface area contributed by atoms with Crippen LogP contribution in [0.15, 0.2) is 60.7 Å². The Labute approximate surface area is 210 Å². The first-order valence-electron chi connectivity index (χ1n) is 10.8. The molecule has 0 saturated carbocycles. The summed E-state index contributed by atoms with van der Waals surface area (Å²) >= 11 is 0. The van der Waals surface area contributed by atoms with E-state index in [1.165, 1.54) is 31.6 Å². The van der Waals surface area contributed by atoms with E-state index in [1.807, 2.05) is 36.4 Å². The standard InChI is InChI=1S/C24H28N4O5S.ClH/c1-28(2)34(31,32)27-22-13-16(7-10-23(22)29)24(30)15-25-11-12-33-17-8-9-19-18-5-3-4-6-20(18)26-21(19)14-17;/h3-10,13-14,24-27,29-30H,11-12,15H2,1-2H3;1H. The Morgan fingerprint density at radius 3 is 2.54 bits per heavy atom. The average Bonchev–Trinajstić information content (AvgIpc) is 3.17. The summed E-state index contributed by atoms with van der Waals surface area (Å²) in [6.07, 6.45) is -0.897. The van der Waals surface area contributed by atoms with Crippen LogP contribution in [-0.4, -0.2) is 61.7 Å². The van der Waals surface area contributed by atoms with Crippen LogP contribution < -0.4 is 14.8 Å². The lowest BCUT2D eigenvalue weighted by Gasteiger charge is -2.17. The van der Waals surface area contributed by atoms with Crippen LogP contribution in [0.5, 0.6) is 11.5 Å². The van der Waals surface area contributed by atoms with Gasteiger partial charge in [-0.3, -0.25) is 4.72 Å². The third-order valence-electron chi connectivity index (χ3n) is 5.49. The van der Waals surface area contributed by atoms with E-state index >= 15 is 0 Å². The number of aromatic amines is 1. The quantitative estimate of drug-likeness (QED) is 0.161. The van der Waals surface area contributed by atoms with Gasteiger partial charge in [-0.15, -0.1) is 12.4 Å². The van der Waals surface area contributed by atoms with Gasteiger partial charge >= 0.3 is 10.2 Å². The number of anilines is 1. The molecule has 0 aliphatic carbocycles. The number of hydrogen-bond donors (Lipinski definition) is 5. The zero-order chi connectivity index (χ0) is 24.3. The summed E-state index contributed by atoms with van der Waals surface area (Å²) in [6.45, 7) is 1.14. The number of halogens is 1. The van der Waals surface area contributed by atoms with Crippen molar-refractivity contribution in [1.29, 1.82) is 0 Å². The number of aliphatic hydroxyl groups is 1. The lowest BCUT2D eigenvalue weighted by atomic mass is 10.1. The van der Waals surface area contributed by atoms with Gasteiger partial charge in [0.1, 0.15) is 18.1 Å². The maximum absolute atomic E-state index is 12.0. The molecule has 0 aliphatic rings. The highest BCUT2D eigenvalue weighted by Gasteiger charge is 2.17. The summed E-state index contributed by atoms with van der Waals surface area (Å²) in [7, 11) is -1.03. The van der Waals surface area contributed by atoms with Gasteiger partial charge in [0.15, 0.2) is 0 Å². The second kappa shape index (κ2) is 11.1. The zero-order valence-corrected chi connectivity index (χ0v) is 21.0.